The third kappa shape index (κ3) is 1.44. The second-order valence-corrected chi connectivity index (χ2v) is 2.65. The van der Waals surface area contributed by atoms with Gasteiger partial charge in [0.25, 0.3) is 0 Å². The molecule has 40 valence electrons. The lowest BCUT2D eigenvalue weighted by Gasteiger charge is -1.87. The zero-order valence-electron chi connectivity index (χ0n) is 4.28. The van der Waals surface area contributed by atoms with Crippen LogP contribution in [0, 0.1) is 0 Å². The van der Waals surface area contributed by atoms with Crippen LogP contribution in [0.2, 0.25) is 0 Å². The summed E-state index contributed by atoms with van der Waals surface area (Å²) in [6.45, 7) is 0. The van der Waals surface area contributed by atoms with Crippen molar-refractivity contribution in [2.75, 3.05) is 4.43 Å². The van der Waals surface area contributed by atoms with Crippen LogP contribution in [-0.4, -0.2) is 4.43 Å². The Hall–Kier alpha value is 0.470. The van der Waals surface area contributed by atoms with Gasteiger partial charge in [-0.3, -0.25) is 0 Å². The van der Waals surface area contributed by atoms with Gasteiger partial charge in [-0.05, 0) is 19.3 Å². The van der Waals surface area contributed by atoms with Crippen molar-refractivity contribution in [2.45, 2.75) is 19.3 Å². The lowest BCUT2D eigenvalue weighted by Crippen LogP contribution is -1.73. The van der Waals surface area contributed by atoms with E-state index < -0.39 is 0 Å². The Balaban J connectivity index is 2.36. The molecule has 0 unspecified atom stereocenters. The van der Waals surface area contributed by atoms with E-state index in [0.717, 1.165) is 0 Å². The van der Waals surface area contributed by atoms with Crippen LogP contribution in [0.15, 0.2) is 11.6 Å². The SMILES string of the molecule is ICC1=CCCC1. The molecule has 0 amide bonds. The highest BCUT2D eigenvalue weighted by Crippen LogP contribution is 2.18. The highest BCUT2D eigenvalue weighted by molar-refractivity contribution is 14.1. The van der Waals surface area contributed by atoms with Crippen LogP contribution in [0.5, 0.6) is 0 Å². The molecule has 0 atom stereocenters. The summed E-state index contributed by atoms with van der Waals surface area (Å²) in [6.07, 6.45) is 6.46. The molecule has 0 aromatic rings. The van der Waals surface area contributed by atoms with Gasteiger partial charge in [0.05, 0.1) is 0 Å². The Kier molecular flexibility index (Phi) is 2.16. The maximum absolute atomic E-state index is 2.42. The molecule has 0 nitrogen and oxygen atoms in total. The van der Waals surface area contributed by atoms with Gasteiger partial charge in [0, 0.05) is 4.43 Å². The molecule has 0 heterocycles. The molecule has 0 bridgehead atoms. The second-order valence-electron chi connectivity index (χ2n) is 1.89. The first-order valence-corrected chi connectivity index (χ1v) is 4.20. The van der Waals surface area contributed by atoms with Crippen molar-refractivity contribution in [3.8, 4) is 0 Å². The molecule has 0 saturated carbocycles. The van der Waals surface area contributed by atoms with Gasteiger partial charge >= 0.3 is 0 Å². The summed E-state index contributed by atoms with van der Waals surface area (Å²) in [5, 5.41) is 0. The van der Waals surface area contributed by atoms with Crippen molar-refractivity contribution in [2.24, 2.45) is 0 Å². The molecule has 0 aromatic heterocycles. The predicted molar refractivity (Wildman–Crippen MR) is 40.8 cm³/mol. The summed E-state index contributed by atoms with van der Waals surface area (Å²) in [5.74, 6) is 0. The Morgan fingerprint density at radius 1 is 1.71 bits per heavy atom. The smallest absolute Gasteiger partial charge is 0.0205 e. The molecule has 1 aliphatic carbocycles. The quantitative estimate of drug-likeness (QED) is 0.353. The minimum atomic E-state index is 1.25. The number of hydrogen-bond donors (Lipinski definition) is 0. The normalized spacial score (nSPS) is 19.9. The van der Waals surface area contributed by atoms with Crippen LogP contribution >= 0.6 is 22.6 Å². The fraction of sp³-hybridized carbons (Fsp3) is 0.667. The average molecular weight is 208 g/mol. The minimum Gasteiger partial charge on any atom is -0.0845 e. The molecule has 1 rings (SSSR count). The van der Waals surface area contributed by atoms with E-state index in [9.17, 15) is 0 Å². The maximum atomic E-state index is 2.42. The van der Waals surface area contributed by atoms with Gasteiger partial charge in [-0.15, -0.1) is 0 Å². The lowest BCUT2D eigenvalue weighted by atomic mass is 10.3. The van der Waals surface area contributed by atoms with Gasteiger partial charge in [0.1, 0.15) is 0 Å². The molecular weight excluding hydrogens is 199 g/mol. The van der Waals surface area contributed by atoms with E-state index >= 15 is 0 Å². The van der Waals surface area contributed by atoms with E-state index in [1.807, 2.05) is 0 Å². The highest BCUT2D eigenvalue weighted by atomic mass is 127. The first-order chi connectivity index (χ1) is 3.43. The first kappa shape index (κ1) is 5.60. The molecule has 0 saturated heterocycles. The molecule has 0 N–H and O–H groups in total. The van der Waals surface area contributed by atoms with Crippen molar-refractivity contribution in [3.63, 3.8) is 0 Å². The molecule has 7 heavy (non-hydrogen) atoms. The molecule has 0 spiro atoms. The van der Waals surface area contributed by atoms with E-state index in [1.165, 1.54) is 23.7 Å². The summed E-state index contributed by atoms with van der Waals surface area (Å²) in [5.41, 5.74) is 1.65. The molecule has 1 heteroatoms. The summed E-state index contributed by atoms with van der Waals surface area (Å²) in [7, 11) is 0. The Morgan fingerprint density at radius 3 is 2.86 bits per heavy atom. The minimum absolute atomic E-state index is 1.25. The van der Waals surface area contributed by atoms with Crippen LogP contribution in [0.25, 0.3) is 0 Å². The molecular formula is C6H9I. The number of rotatable bonds is 1. The van der Waals surface area contributed by atoms with Crippen LogP contribution in [-0.2, 0) is 0 Å². The van der Waals surface area contributed by atoms with Crippen LogP contribution in [0.3, 0.4) is 0 Å². The zero-order valence-corrected chi connectivity index (χ0v) is 6.44. The third-order valence-electron chi connectivity index (χ3n) is 1.31. The number of alkyl halides is 1. The summed E-state index contributed by atoms with van der Waals surface area (Å²) in [4.78, 5) is 0. The van der Waals surface area contributed by atoms with Gasteiger partial charge in [0.15, 0.2) is 0 Å². The van der Waals surface area contributed by atoms with Gasteiger partial charge in [-0.25, -0.2) is 0 Å². The van der Waals surface area contributed by atoms with Crippen molar-refractivity contribution in [3.05, 3.63) is 11.6 Å². The molecule has 0 fully saturated rings. The van der Waals surface area contributed by atoms with Crippen molar-refractivity contribution in [1.29, 1.82) is 0 Å². The highest BCUT2D eigenvalue weighted by Gasteiger charge is 1.99. The van der Waals surface area contributed by atoms with Gasteiger partial charge in [-0.2, -0.15) is 0 Å². The Bertz CT molecular complexity index is 84.2. The summed E-state index contributed by atoms with van der Waals surface area (Å²) >= 11 is 2.42. The van der Waals surface area contributed by atoms with E-state index in [4.69, 9.17) is 0 Å². The number of allylic oxidation sites excluding steroid dienone is 2. The summed E-state index contributed by atoms with van der Waals surface area (Å²) in [6, 6.07) is 0. The topological polar surface area (TPSA) is 0 Å². The first-order valence-electron chi connectivity index (χ1n) is 2.67. The fourth-order valence-electron chi connectivity index (χ4n) is 0.859. The fourth-order valence-corrected chi connectivity index (χ4v) is 1.55. The van der Waals surface area contributed by atoms with E-state index in [0.29, 0.717) is 0 Å². The Morgan fingerprint density at radius 2 is 2.57 bits per heavy atom. The van der Waals surface area contributed by atoms with E-state index in [-0.39, 0.29) is 0 Å². The number of halogens is 1. The maximum Gasteiger partial charge on any atom is 0.0205 e. The predicted octanol–water partition coefficient (Wildman–Crippen LogP) is 2.53. The van der Waals surface area contributed by atoms with Crippen LogP contribution in [0.1, 0.15) is 19.3 Å². The second kappa shape index (κ2) is 2.70. The largest absolute Gasteiger partial charge is 0.0845 e. The standard InChI is InChI=1S/C6H9I/c7-5-6-3-1-2-4-6/h3H,1-2,4-5H2. The molecule has 0 aliphatic heterocycles. The molecule has 0 radical (unpaired) electrons. The zero-order chi connectivity index (χ0) is 5.11. The lowest BCUT2D eigenvalue weighted by molar-refractivity contribution is 0.910. The van der Waals surface area contributed by atoms with Crippen molar-refractivity contribution >= 4 is 22.6 Å². The van der Waals surface area contributed by atoms with Crippen molar-refractivity contribution < 1.29 is 0 Å². The monoisotopic (exact) mass is 208 g/mol. The average Bonchev–Trinajstić information content (AvgIpc) is 2.14. The Labute approximate surface area is 58.1 Å². The number of hydrogen-bond acceptors (Lipinski definition) is 0. The van der Waals surface area contributed by atoms with Crippen LogP contribution < -0.4 is 0 Å². The molecule has 0 aromatic carbocycles. The third-order valence-corrected chi connectivity index (χ3v) is 2.29. The van der Waals surface area contributed by atoms with Gasteiger partial charge < -0.3 is 0 Å². The molecule has 1 aliphatic rings. The van der Waals surface area contributed by atoms with Gasteiger partial charge in [0.2, 0.25) is 0 Å². The summed E-state index contributed by atoms with van der Waals surface area (Å²) < 4.78 is 1.25. The van der Waals surface area contributed by atoms with Crippen molar-refractivity contribution in [1.82, 2.24) is 0 Å². The van der Waals surface area contributed by atoms with Gasteiger partial charge in [-0.1, -0.05) is 34.2 Å². The van der Waals surface area contributed by atoms with Crippen LogP contribution in [0.4, 0.5) is 0 Å². The van der Waals surface area contributed by atoms with E-state index in [1.54, 1.807) is 5.57 Å². The van der Waals surface area contributed by atoms with E-state index in [2.05, 4.69) is 28.7 Å².